The number of halogens is 1. The van der Waals surface area contributed by atoms with Crippen LogP contribution in [-0.2, 0) is 4.74 Å². The molecule has 3 nitrogen and oxygen atoms in total. The number of nitrogens with one attached hydrogen (secondary N) is 1. The largest absolute Gasteiger partial charge is 0.465 e. The van der Waals surface area contributed by atoms with Gasteiger partial charge in [0.25, 0.3) is 0 Å². The molecule has 0 radical (unpaired) electrons. The highest BCUT2D eigenvalue weighted by atomic mass is 79.9. The van der Waals surface area contributed by atoms with Gasteiger partial charge in [0.05, 0.1) is 17.3 Å². The first kappa shape index (κ1) is 8.33. The summed E-state index contributed by atoms with van der Waals surface area (Å²) in [6, 6.07) is 0. The second kappa shape index (κ2) is 3.09. The van der Waals surface area contributed by atoms with E-state index < -0.39 is 0 Å². The van der Waals surface area contributed by atoms with Crippen LogP contribution < -0.4 is 0 Å². The lowest BCUT2D eigenvalue weighted by atomic mass is 10.2. The molecule has 0 unspecified atom stereocenters. The first-order chi connectivity index (χ1) is 5.16. The summed E-state index contributed by atoms with van der Waals surface area (Å²) in [7, 11) is 1.36. The van der Waals surface area contributed by atoms with E-state index in [4.69, 9.17) is 0 Å². The standard InChI is InChI=1S/C7H8BrNO2/c1-4-5(7(10)11-2)3-9-6(4)8/h3,9H,1-2H3. The highest BCUT2D eigenvalue weighted by Crippen LogP contribution is 2.18. The minimum atomic E-state index is -0.315. The summed E-state index contributed by atoms with van der Waals surface area (Å²) in [6.07, 6.45) is 1.62. The highest BCUT2D eigenvalue weighted by molar-refractivity contribution is 9.10. The van der Waals surface area contributed by atoms with E-state index in [-0.39, 0.29) is 5.97 Å². The first-order valence-corrected chi connectivity index (χ1v) is 3.88. The van der Waals surface area contributed by atoms with Crippen LogP contribution >= 0.6 is 15.9 Å². The molecule has 0 fully saturated rings. The van der Waals surface area contributed by atoms with Crippen molar-refractivity contribution in [2.75, 3.05) is 7.11 Å². The van der Waals surface area contributed by atoms with E-state index >= 15 is 0 Å². The summed E-state index contributed by atoms with van der Waals surface area (Å²) >= 11 is 3.25. The molecule has 1 N–H and O–H groups in total. The van der Waals surface area contributed by atoms with Crippen LogP contribution in [-0.4, -0.2) is 18.1 Å². The number of ether oxygens (including phenoxy) is 1. The van der Waals surface area contributed by atoms with Crippen LogP contribution in [0.25, 0.3) is 0 Å². The predicted octanol–water partition coefficient (Wildman–Crippen LogP) is 1.87. The molecule has 11 heavy (non-hydrogen) atoms. The van der Waals surface area contributed by atoms with Crippen LogP contribution in [0.3, 0.4) is 0 Å². The van der Waals surface area contributed by atoms with Gasteiger partial charge in [-0.2, -0.15) is 0 Å². The number of carbonyl (C=O) groups is 1. The molecule has 0 bridgehead atoms. The Morgan fingerprint density at radius 2 is 2.36 bits per heavy atom. The van der Waals surface area contributed by atoms with Gasteiger partial charge in [-0.25, -0.2) is 4.79 Å². The molecule has 0 aromatic carbocycles. The van der Waals surface area contributed by atoms with Crippen molar-refractivity contribution in [1.29, 1.82) is 0 Å². The van der Waals surface area contributed by atoms with Crippen molar-refractivity contribution in [3.05, 3.63) is 21.9 Å². The number of aromatic amines is 1. The van der Waals surface area contributed by atoms with Crippen LogP contribution in [0.4, 0.5) is 0 Å². The van der Waals surface area contributed by atoms with Gasteiger partial charge < -0.3 is 9.72 Å². The normalized spacial score (nSPS) is 9.73. The maximum atomic E-state index is 11.0. The van der Waals surface area contributed by atoms with Crippen molar-refractivity contribution in [2.45, 2.75) is 6.92 Å². The Morgan fingerprint density at radius 3 is 2.73 bits per heavy atom. The Balaban J connectivity index is 3.04. The number of H-pyrrole nitrogens is 1. The number of hydrogen-bond donors (Lipinski definition) is 1. The summed E-state index contributed by atoms with van der Waals surface area (Å²) in [6.45, 7) is 1.84. The minimum absolute atomic E-state index is 0.315. The Labute approximate surface area is 72.9 Å². The van der Waals surface area contributed by atoms with E-state index in [9.17, 15) is 4.79 Å². The summed E-state index contributed by atoms with van der Waals surface area (Å²) in [4.78, 5) is 13.9. The third kappa shape index (κ3) is 1.45. The quantitative estimate of drug-likeness (QED) is 0.731. The van der Waals surface area contributed by atoms with E-state index in [0.717, 1.165) is 10.2 Å². The van der Waals surface area contributed by atoms with Gasteiger partial charge in [-0.15, -0.1) is 0 Å². The fourth-order valence-electron chi connectivity index (χ4n) is 0.792. The summed E-state index contributed by atoms with van der Waals surface area (Å²) < 4.78 is 5.37. The van der Waals surface area contributed by atoms with Gasteiger partial charge in [-0.05, 0) is 28.4 Å². The molecule has 0 saturated carbocycles. The third-order valence-corrected chi connectivity index (χ3v) is 2.31. The lowest BCUT2D eigenvalue weighted by Gasteiger charge is -1.95. The van der Waals surface area contributed by atoms with Crippen molar-refractivity contribution in [3.63, 3.8) is 0 Å². The zero-order valence-corrected chi connectivity index (χ0v) is 7.86. The van der Waals surface area contributed by atoms with Crippen LogP contribution in [0.5, 0.6) is 0 Å². The lowest BCUT2D eigenvalue weighted by Crippen LogP contribution is -2.00. The average molecular weight is 218 g/mol. The SMILES string of the molecule is COC(=O)c1c[nH]c(Br)c1C. The summed E-state index contributed by atoms with van der Waals surface area (Å²) in [5.41, 5.74) is 1.44. The highest BCUT2D eigenvalue weighted by Gasteiger charge is 2.11. The minimum Gasteiger partial charge on any atom is -0.465 e. The van der Waals surface area contributed by atoms with Gasteiger partial charge in [-0.1, -0.05) is 0 Å². The van der Waals surface area contributed by atoms with E-state index in [0.29, 0.717) is 5.56 Å². The zero-order chi connectivity index (χ0) is 8.43. The van der Waals surface area contributed by atoms with Crippen LogP contribution in [0.2, 0.25) is 0 Å². The van der Waals surface area contributed by atoms with Gasteiger partial charge in [0.1, 0.15) is 0 Å². The van der Waals surface area contributed by atoms with Crippen LogP contribution in [0.15, 0.2) is 10.8 Å². The maximum Gasteiger partial charge on any atom is 0.339 e. The van der Waals surface area contributed by atoms with Crippen molar-refractivity contribution in [1.82, 2.24) is 4.98 Å². The molecule has 0 aliphatic carbocycles. The maximum absolute atomic E-state index is 11.0. The number of carbonyl (C=O) groups excluding carboxylic acids is 1. The van der Waals surface area contributed by atoms with Gasteiger partial charge in [0.2, 0.25) is 0 Å². The van der Waals surface area contributed by atoms with Crippen molar-refractivity contribution < 1.29 is 9.53 Å². The number of esters is 1. The molecule has 0 aliphatic heterocycles. The Hall–Kier alpha value is -0.770. The van der Waals surface area contributed by atoms with Gasteiger partial charge in [0, 0.05) is 6.20 Å². The van der Waals surface area contributed by atoms with E-state index in [1.807, 2.05) is 6.92 Å². The molecule has 1 rings (SSSR count). The van der Waals surface area contributed by atoms with Crippen LogP contribution in [0, 0.1) is 6.92 Å². The molecule has 1 aromatic heterocycles. The molecule has 0 amide bonds. The average Bonchev–Trinajstić information content (AvgIpc) is 2.32. The Bertz CT molecular complexity index is 280. The van der Waals surface area contributed by atoms with E-state index in [1.54, 1.807) is 6.20 Å². The molecule has 1 heterocycles. The molecular formula is C7H8BrNO2. The fourth-order valence-corrected chi connectivity index (χ4v) is 1.12. The Morgan fingerprint density at radius 1 is 1.73 bits per heavy atom. The fraction of sp³-hybridized carbons (Fsp3) is 0.286. The first-order valence-electron chi connectivity index (χ1n) is 3.08. The van der Waals surface area contributed by atoms with Crippen molar-refractivity contribution >= 4 is 21.9 Å². The van der Waals surface area contributed by atoms with Gasteiger partial charge in [-0.3, -0.25) is 0 Å². The lowest BCUT2D eigenvalue weighted by molar-refractivity contribution is 0.0600. The van der Waals surface area contributed by atoms with Crippen molar-refractivity contribution in [3.8, 4) is 0 Å². The summed E-state index contributed by atoms with van der Waals surface area (Å²) in [5, 5.41) is 0. The second-order valence-electron chi connectivity index (χ2n) is 2.13. The second-order valence-corrected chi connectivity index (χ2v) is 2.93. The van der Waals surface area contributed by atoms with E-state index in [2.05, 4.69) is 25.7 Å². The van der Waals surface area contributed by atoms with Gasteiger partial charge in [0.15, 0.2) is 0 Å². The molecule has 4 heteroatoms. The molecule has 0 saturated heterocycles. The molecule has 0 atom stereocenters. The van der Waals surface area contributed by atoms with E-state index in [1.165, 1.54) is 7.11 Å². The smallest absolute Gasteiger partial charge is 0.339 e. The monoisotopic (exact) mass is 217 g/mol. The Kier molecular flexibility index (Phi) is 2.34. The van der Waals surface area contributed by atoms with Crippen molar-refractivity contribution in [2.24, 2.45) is 0 Å². The predicted molar refractivity (Wildman–Crippen MR) is 44.6 cm³/mol. The number of hydrogen-bond acceptors (Lipinski definition) is 2. The molecule has 60 valence electrons. The molecule has 0 spiro atoms. The zero-order valence-electron chi connectivity index (χ0n) is 6.27. The molecular weight excluding hydrogens is 210 g/mol. The van der Waals surface area contributed by atoms with Gasteiger partial charge >= 0.3 is 5.97 Å². The molecule has 1 aromatic rings. The number of rotatable bonds is 1. The topological polar surface area (TPSA) is 42.1 Å². The van der Waals surface area contributed by atoms with Crippen LogP contribution in [0.1, 0.15) is 15.9 Å². The number of methoxy groups -OCH3 is 1. The summed E-state index contributed by atoms with van der Waals surface area (Å²) in [5.74, 6) is -0.315. The number of aromatic nitrogens is 1. The third-order valence-electron chi connectivity index (χ3n) is 1.48. The molecule has 0 aliphatic rings.